The van der Waals surface area contributed by atoms with Crippen molar-refractivity contribution >= 4 is 48.4 Å². The molecule has 1 saturated heterocycles. The van der Waals surface area contributed by atoms with Gasteiger partial charge in [0.2, 0.25) is 0 Å². The van der Waals surface area contributed by atoms with Crippen molar-refractivity contribution in [3.63, 3.8) is 0 Å². The molecule has 0 amide bonds. The lowest BCUT2D eigenvalue weighted by Crippen LogP contribution is -2.36. The van der Waals surface area contributed by atoms with E-state index in [4.69, 9.17) is 9.15 Å². The van der Waals surface area contributed by atoms with Crippen LogP contribution < -0.4 is 10.3 Å². The second-order valence-corrected chi connectivity index (χ2v) is 9.02. The van der Waals surface area contributed by atoms with Crippen LogP contribution in [-0.2, 0) is 4.74 Å². The fraction of sp³-hybridized carbons (Fsp3) is 0.192. The number of benzene rings is 3. The second kappa shape index (κ2) is 7.22. The number of rotatable bonds is 2. The molecular weight excluding hydrogens is 406 g/mol. The van der Waals surface area contributed by atoms with Gasteiger partial charge in [-0.2, -0.15) is 0 Å². The third-order valence-electron chi connectivity index (χ3n) is 6.09. The van der Waals surface area contributed by atoms with Gasteiger partial charge < -0.3 is 14.1 Å². The molecule has 1 aliphatic rings. The molecule has 0 radical (unpaired) electrons. The van der Waals surface area contributed by atoms with Crippen LogP contribution in [0.1, 0.15) is 5.56 Å². The Bertz CT molecular complexity index is 1510. The van der Waals surface area contributed by atoms with E-state index in [9.17, 15) is 4.79 Å². The number of thiophene rings is 1. The van der Waals surface area contributed by atoms with Gasteiger partial charge in [0.05, 0.1) is 18.6 Å². The molecule has 0 bridgehead atoms. The summed E-state index contributed by atoms with van der Waals surface area (Å²) in [6.07, 6.45) is 0. The molecule has 0 saturated carbocycles. The summed E-state index contributed by atoms with van der Waals surface area (Å²) in [5, 5.41) is 3.12. The summed E-state index contributed by atoms with van der Waals surface area (Å²) in [6.45, 7) is 4.82. The zero-order chi connectivity index (χ0) is 20.9. The molecule has 5 heteroatoms. The van der Waals surface area contributed by atoms with Gasteiger partial charge >= 0.3 is 0 Å². The molecule has 3 aromatic carbocycles. The number of fused-ring (bicyclic) bond motifs is 4. The van der Waals surface area contributed by atoms with Gasteiger partial charge in [0.15, 0.2) is 11.3 Å². The van der Waals surface area contributed by atoms with E-state index in [1.54, 1.807) is 17.4 Å². The molecule has 0 spiro atoms. The lowest BCUT2D eigenvalue weighted by Gasteiger charge is -2.27. The third-order valence-corrected chi connectivity index (χ3v) is 7.31. The normalized spacial score (nSPS) is 14.7. The van der Waals surface area contributed by atoms with Gasteiger partial charge in [-0.25, -0.2) is 0 Å². The van der Waals surface area contributed by atoms with Crippen molar-refractivity contribution in [3.05, 3.63) is 76.5 Å². The van der Waals surface area contributed by atoms with Crippen molar-refractivity contribution in [2.45, 2.75) is 6.92 Å². The Morgan fingerprint density at radius 3 is 2.58 bits per heavy atom. The molecule has 1 aliphatic heterocycles. The van der Waals surface area contributed by atoms with Crippen LogP contribution in [0.15, 0.2) is 69.9 Å². The van der Waals surface area contributed by atoms with Gasteiger partial charge in [0, 0.05) is 50.5 Å². The Kier molecular flexibility index (Phi) is 4.33. The quantitative estimate of drug-likeness (QED) is 0.348. The first-order chi connectivity index (χ1) is 15.2. The van der Waals surface area contributed by atoms with E-state index >= 15 is 0 Å². The number of morpholine rings is 1. The summed E-state index contributed by atoms with van der Waals surface area (Å²) in [6, 6.07) is 20.4. The van der Waals surface area contributed by atoms with Gasteiger partial charge in [-0.1, -0.05) is 42.5 Å². The summed E-state index contributed by atoms with van der Waals surface area (Å²) in [5.41, 5.74) is 3.87. The molecule has 2 aromatic heterocycles. The molecule has 6 rings (SSSR count). The van der Waals surface area contributed by atoms with Crippen LogP contribution in [0.2, 0.25) is 0 Å². The van der Waals surface area contributed by atoms with Gasteiger partial charge in [-0.3, -0.25) is 4.79 Å². The van der Waals surface area contributed by atoms with E-state index in [-0.39, 0.29) is 5.43 Å². The van der Waals surface area contributed by atoms with Crippen molar-refractivity contribution in [2.75, 3.05) is 31.2 Å². The maximum absolute atomic E-state index is 13.0. The van der Waals surface area contributed by atoms with Crippen LogP contribution in [0.4, 0.5) is 5.88 Å². The minimum absolute atomic E-state index is 0.00694. The number of anilines is 1. The number of hydrogen-bond acceptors (Lipinski definition) is 5. The maximum atomic E-state index is 13.0. The fourth-order valence-electron chi connectivity index (χ4n) is 4.52. The first-order valence-corrected chi connectivity index (χ1v) is 11.3. The van der Waals surface area contributed by atoms with Crippen LogP contribution in [0.5, 0.6) is 0 Å². The molecule has 4 nitrogen and oxygen atoms in total. The summed E-state index contributed by atoms with van der Waals surface area (Å²) >= 11 is 1.79. The Labute approximate surface area is 183 Å². The Balaban J connectivity index is 1.66. The Hall–Kier alpha value is -3.15. The molecule has 0 aliphatic carbocycles. The van der Waals surface area contributed by atoms with E-state index in [1.165, 1.54) is 20.2 Å². The van der Waals surface area contributed by atoms with Crippen LogP contribution in [-0.4, -0.2) is 26.3 Å². The molecule has 5 aromatic rings. The third kappa shape index (κ3) is 2.96. The highest BCUT2D eigenvalue weighted by atomic mass is 32.1. The summed E-state index contributed by atoms with van der Waals surface area (Å²) in [5.74, 6) is 0.621. The summed E-state index contributed by atoms with van der Waals surface area (Å²) in [7, 11) is 0. The van der Waals surface area contributed by atoms with Crippen molar-refractivity contribution in [1.29, 1.82) is 0 Å². The predicted molar refractivity (Wildman–Crippen MR) is 129 cm³/mol. The van der Waals surface area contributed by atoms with Crippen LogP contribution in [0.3, 0.4) is 0 Å². The minimum atomic E-state index is -0.00694. The number of aryl methyl sites for hydroxylation is 1. The van der Waals surface area contributed by atoms with Crippen LogP contribution in [0.25, 0.3) is 42.3 Å². The summed E-state index contributed by atoms with van der Waals surface area (Å²) in [4.78, 5) is 15.1. The van der Waals surface area contributed by atoms with Crippen LogP contribution in [0, 0.1) is 6.92 Å². The lowest BCUT2D eigenvalue weighted by atomic mass is 9.96. The van der Waals surface area contributed by atoms with Crippen molar-refractivity contribution in [2.24, 2.45) is 0 Å². The smallest absolute Gasteiger partial charge is 0.200 e. The Morgan fingerprint density at radius 1 is 0.903 bits per heavy atom. The number of nitrogens with zero attached hydrogens (tertiary/aromatic N) is 1. The second-order valence-electron chi connectivity index (χ2n) is 7.96. The molecule has 31 heavy (non-hydrogen) atoms. The van der Waals surface area contributed by atoms with Crippen molar-refractivity contribution in [1.82, 2.24) is 0 Å². The zero-order valence-corrected chi connectivity index (χ0v) is 18.0. The molecule has 0 atom stereocenters. The minimum Gasteiger partial charge on any atom is -0.440 e. The number of ether oxygens (including phenoxy) is 1. The van der Waals surface area contributed by atoms with E-state index in [0.717, 1.165) is 29.8 Å². The molecule has 1 fully saturated rings. The average Bonchev–Trinajstić information content (AvgIpc) is 3.19. The monoisotopic (exact) mass is 427 g/mol. The predicted octanol–water partition coefficient (Wildman–Crippen LogP) is 5.97. The Morgan fingerprint density at radius 2 is 1.71 bits per heavy atom. The summed E-state index contributed by atoms with van der Waals surface area (Å²) < 4.78 is 14.4. The highest BCUT2D eigenvalue weighted by Gasteiger charge is 2.20. The lowest BCUT2D eigenvalue weighted by molar-refractivity contribution is 0.121. The first-order valence-electron chi connectivity index (χ1n) is 10.5. The molecule has 3 heterocycles. The molecule has 154 valence electrons. The largest absolute Gasteiger partial charge is 0.440 e. The van der Waals surface area contributed by atoms with Gasteiger partial charge in [0.25, 0.3) is 0 Å². The fourth-order valence-corrected chi connectivity index (χ4v) is 5.75. The topological polar surface area (TPSA) is 42.7 Å². The molecule has 0 unspecified atom stereocenters. The van der Waals surface area contributed by atoms with Gasteiger partial charge in [-0.05, 0) is 24.6 Å². The van der Waals surface area contributed by atoms with E-state index in [2.05, 4.69) is 54.3 Å². The SMILES string of the molecule is Cc1ccc2c(=O)cc(N3CCOCC3)oc2c1-c1cccc2c1sc1ccccc12. The maximum Gasteiger partial charge on any atom is 0.200 e. The van der Waals surface area contributed by atoms with E-state index < -0.39 is 0 Å². The van der Waals surface area contributed by atoms with Crippen molar-refractivity contribution in [3.8, 4) is 11.1 Å². The van der Waals surface area contributed by atoms with Crippen LogP contribution >= 0.6 is 11.3 Å². The van der Waals surface area contributed by atoms with Gasteiger partial charge in [-0.15, -0.1) is 11.3 Å². The standard InChI is InChI=1S/C26H21NO3S/c1-16-9-10-19-21(28)15-23(27-11-13-29-14-12-27)30-25(19)24(16)20-7-4-6-18-17-5-2-3-8-22(17)31-26(18)20/h2-10,15H,11-14H2,1H3. The first kappa shape index (κ1) is 18.6. The number of hydrogen-bond donors (Lipinski definition) is 0. The average molecular weight is 428 g/mol. The van der Waals surface area contributed by atoms with Gasteiger partial charge in [0.1, 0.15) is 5.58 Å². The van der Waals surface area contributed by atoms with E-state index in [0.29, 0.717) is 30.1 Å². The highest BCUT2D eigenvalue weighted by molar-refractivity contribution is 7.26. The van der Waals surface area contributed by atoms with Crippen molar-refractivity contribution < 1.29 is 9.15 Å². The highest BCUT2D eigenvalue weighted by Crippen LogP contribution is 2.42. The molecular formula is C26H21NO3S. The molecule has 0 N–H and O–H groups in total. The van der Waals surface area contributed by atoms with E-state index in [1.807, 2.05) is 12.1 Å². The zero-order valence-electron chi connectivity index (χ0n) is 17.2.